The number of hydrogen-bond donors (Lipinski definition) is 1. The van der Waals surface area contributed by atoms with Crippen molar-refractivity contribution < 1.29 is 0 Å². The highest BCUT2D eigenvalue weighted by Crippen LogP contribution is 2.33. The molecule has 0 spiro atoms. The first-order valence-electron chi connectivity index (χ1n) is 8.37. The number of anilines is 1. The largest absolute Gasteiger partial charge is 0.355 e. The Morgan fingerprint density at radius 3 is 2.45 bits per heavy atom. The van der Waals surface area contributed by atoms with E-state index in [0.717, 1.165) is 39.0 Å². The van der Waals surface area contributed by atoms with E-state index in [1.807, 2.05) is 0 Å². The Hall–Kier alpha value is -1.52. The lowest BCUT2D eigenvalue weighted by Gasteiger charge is -2.35. The number of benzene rings is 1. The molecule has 1 unspecified atom stereocenters. The molecule has 1 atom stereocenters. The van der Waals surface area contributed by atoms with Crippen LogP contribution in [0.25, 0.3) is 10.9 Å². The van der Waals surface area contributed by atoms with Gasteiger partial charge in [-0.05, 0) is 26.0 Å². The maximum Gasteiger partial charge on any atom is 0.112 e. The molecular formula is C18H28N4. The van der Waals surface area contributed by atoms with Gasteiger partial charge < -0.3 is 20.1 Å². The van der Waals surface area contributed by atoms with E-state index >= 15 is 0 Å². The van der Waals surface area contributed by atoms with Crippen molar-refractivity contribution in [3.05, 3.63) is 29.8 Å². The van der Waals surface area contributed by atoms with E-state index in [0.29, 0.717) is 0 Å². The average Bonchev–Trinajstić information content (AvgIpc) is 2.81. The van der Waals surface area contributed by atoms with Crippen LogP contribution in [0.3, 0.4) is 0 Å². The van der Waals surface area contributed by atoms with Crippen molar-refractivity contribution in [3.8, 4) is 0 Å². The normalized spacial score (nSPS) is 18.1. The molecule has 4 heteroatoms. The second kappa shape index (κ2) is 6.31. The molecule has 0 aliphatic carbocycles. The molecule has 2 heterocycles. The zero-order chi connectivity index (χ0) is 15.7. The van der Waals surface area contributed by atoms with Crippen molar-refractivity contribution in [2.45, 2.75) is 25.8 Å². The molecule has 4 nitrogen and oxygen atoms in total. The van der Waals surface area contributed by atoms with Crippen LogP contribution in [0, 0.1) is 0 Å². The molecule has 0 radical (unpaired) electrons. The van der Waals surface area contributed by atoms with Gasteiger partial charge in [-0.25, -0.2) is 0 Å². The first-order chi connectivity index (χ1) is 10.6. The first-order valence-corrected chi connectivity index (χ1v) is 8.37. The highest BCUT2D eigenvalue weighted by molar-refractivity contribution is 5.90. The Bertz CT molecular complexity index is 638. The summed E-state index contributed by atoms with van der Waals surface area (Å²) < 4.78 is 2.36. The number of rotatable bonds is 4. The van der Waals surface area contributed by atoms with E-state index < -0.39 is 0 Å². The van der Waals surface area contributed by atoms with Gasteiger partial charge in [-0.3, -0.25) is 0 Å². The van der Waals surface area contributed by atoms with Crippen LogP contribution in [0.15, 0.2) is 24.3 Å². The summed E-state index contributed by atoms with van der Waals surface area (Å²) in [6.07, 6.45) is 1.98. The van der Waals surface area contributed by atoms with Gasteiger partial charge in [0.25, 0.3) is 0 Å². The highest BCUT2D eigenvalue weighted by atomic mass is 15.3. The third kappa shape index (κ3) is 2.73. The van der Waals surface area contributed by atoms with Crippen molar-refractivity contribution >= 4 is 16.7 Å². The van der Waals surface area contributed by atoms with Crippen molar-refractivity contribution in [3.63, 3.8) is 0 Å². The van der Waals surface area contributed by atoms with Crippen LogP contribution in [0.4, 0.5) is 5.82 Å². The van der Waals surface area contributed by atoms with Crippen LogP contribution >= 0.6 is 0 Å². The molecule has 1 fully saturated rings. The molecule has 1 saturated heterocycles. The SMILES string of the molecule is CCC(N)Cc1c(N2CCN(C)CC2)n(C)c2ccccc12. The second-order valence-corrected chi connectivity index (χ2v) is 6.54. The van der Waals surface area contributed by atoms with Crippen molar-refractivity contribution in [2.75, 3.05) is 38.1 Å². The van der Waals surface area contributed by atoms with Crippen LogP contribution in [0.2, 0.25) is 0 Å². The Morgan fingerprint density at radius 1 is 1.09 bits per heavy atom. The molecular weight excluding hydrogens is 272 g/mol. The Morgan fingerprint density at radius 2 is 1.77 bits per heavy atom. The number of fused-ring (bicyclic) bond motifs is 1. The molecule has 120 valence electrons. The van der Waals surface area contributed by atoms with Crippen molar-refractivity contribution in [1.29, 1.82) is 0 Å². The Kier molecular flexibility index (Phi) is 4.41. The summed E-state index contributed by atoms with van der Waals surface area (Å²) in [5.41, 5.74) is 9.03. The summed E-state index contributed by atoms with van der Waals surface area (Å²) >= 11 is 0. The minimum Gasteiger partial charge on any atom is -0.355 e. The fraction of sp³-hybridized carbons (Fsp3) is 0.556. The van der Waals surface area contributed by atoms with Gasteiger partial charge in [0.15, 0.2) is 0 Å². The predicted molar refractivity (Wildman–Crippen MR) is 94.6 cm³/mol. The summed E-state index contributed by atoms with van der Waals surface area (Å²) in [6.45, 7) is 6.61. The summed E-state index contributed by atoms with van der Waals surface area (Å²) in [6, 6.07) is 8.95. The Balaban J connectivity index is 2.06. The molecule has 1 aliphatic rings. The molecule has 2 N–H and O–H groups in total. The van der Waals surface area contributed by atoms with E-state index in [4.69, 9.17) is 5.73 Å². The van der Waals surface area contributed by atoms with Gasteiger partial charge in [0, 0.05) is 55.7 Å². The monoisotopic (exact) mass is 300 g/mol. The highest BCUT2D eigenvalue weighted by Gasteiger charge is 2.23. The molecule has 22 heavy (non-hydrogen) atoms. The third-order valence-electron chi connectivity index (χ3n) is 4.97. The maximum absolute atomic E-state index is 6.29. The summed E-state index contributed by atoms with van der Waals surface area (Å²) in [5.74, 6) is 1.37. The summed E-state index contributed by atoms with van der Waals surface area (Å²) in [5, 5.41) is 1.36. The number of nitrogens with zero attached hydrogens (tertiary/aromatic N) is 3. The van der Waals surface area contributed by atoms with Gasteiger partial charge in [-0.1, -0.05) is 25.1 Å². The average molecular weight is 300 g/mol. The number of para-hydroxylation sites is 1. The summed E-state index contributed by atoms with van der Waals surface area (Å²) in [4.78, 5) is 4.94. The van der Waals surface area contributed by atoms with Gasteiger partial charge in [0.1, 0.15) is 5.82 Å². The zero-order valence-electron chi connectivity index (χ0n) is 14.0. The quantitative estimate of drug-likeness (QED) is 0.941. The lowest BCUT2D eigenvalue weighted by Crippen LogP contribution is -2.45. The topological polar surface area (TPSA) is 37.4 Å². The van der Waals surface area contributed by atoms with E-state index in [1.54, 1.807) is 0 Å². The smallest absolute Gasteiger partial charge is 0.112 e. The number of hydrogen-bond acceptors (Lipinski definition) is 3. The molecule has 1 aromatic heterocycles. The van der Waals surface area contributed by atoms with E-state index in [-0.39, 0.29) is 6.04 Å². The van der Waals surface area contributed by atoms with Crippen LogP contribution in [-0.4, -0.2) is 48.7 Å². The first kappa shape index (κ1) is 15.4. The molecule has 2 aromatic rings. The van der Waals surface area contributed by atoms with Crippen LogP contribution in [0.5, 0.6) is 0 Å². The zero-order valence-corrected chi connectivity index (χ0v) is 14.0. The number of piperazine rings is 1. The molecule has 0 saturated carbocycles. The van der Waals surface area contributed by atoms with E-state index in [2.05, 4.69) is 59.7 Å². The number of likely N-dealkylation sites (N-methyl/N-ethyl adjacent to an activating group) is 1. The number of nitrogens with two attached hydrogens (primary N) is 1. The minimum absolute atomic E-state index is 0.233. The van der Waals surface area contributed by atoms with Gasteiger partial charge in [-0.15, -0.1) is 0 Å². The summed E-state index contributed by atoms with van der Waals surface area (Å²) in [7, 11) is 4.39. The van der Waals surface area contributed by atoms with Crippen molar-refractivity contribution in [2.24, 2.45) is 12.8 Å². The minimum atomic E-state index is 0.233. The van der Waals surface area contributed by atoms with Gasteiger partial charge >= 0.3 is 0 Å². The van der Waals surface area contributed by atoms with E-state index in [9.17, 15) is 0 Å². The second-order valence-electron chi connectivity index (χ2n) is 6.54. The molecule has 0 amide bonds. The predicted octanol–water partition coefficient (Wildman–Crippen LogP) is 2.21. The lowest BCUT2D eigenvalue weighted by molar-refractivity contribution is 0.311. The van der Waals surface area contributed by atoms with Gasteiger partial charge in [0.2, 0.25) is 0 Å². The van der Waals surface area contributed by atoms with Crippen LogP contribution < -0.4 is 10.6 Å². The van der Waals surface area contributed by atoms with E-state index in [1.165, 1.54) is 22.3 Å². The number of aromatic nitrogens is 1. The molecule has 0 bridgehead atoms. The van der Waals surface area contributed by atoms with Crippen LogP contribution in [0.1, 0.15) is 18.9 Å². The number of aryl methyl sites for hydroxylation is 1. The third-order valence-corrected chi connectivity index (χ3v) is 4.97. The fourth-order valence-corrected chi connectivity index (χ4v) is 3.49. The van der Waals surface area contributed by atoms with Gasteiger partial charge in [-0.2, -0.15) is 0 Å². The van der Waals surface area contributed by atoms with Gasteiger partial charge in [0.05, 0.1) is 0 Å². The van der Waals surface area contributed by atoms with Crippen molar-refractivity contribution in [1.82, 2.24) is 9.47 Å². The standard InChI is InChI=1S/C18H28N4/c1-4-14(19)13-16-15-7-5-6-8-17(15)21(3)18(16)22-11-9-20(2)10-12-22/h5-8,14H,4,9-13,19H2,1-3H3. The fourth-order valence-electron chi connectivity index (χ4n) is 3.49. The Labute approximate surface area is 133 Å². The molecule has 1 aliphatic heterocycles. The molecule has 3 rings (SSSR count). The maximum atomic E-state index is 6.29. The molecule has 1 aromatic carbocycles. The van der Waals surface area contributed by atoms with Crippen LogP contribution in [-0.2, 0) is 13.5 Å². The lowest BCUT2D eigenvalue weighted by atomic mass is 10.0.